The zero-order chi connectivity index (χ0) is 13.8. The summed E-state index contributed by atoms with van der Waals surface area (Å²) in [6.07, 6.45) is -0.468. The Bertz CT molecular complexity index is 555. The highest BCUT2D eigenvalue weighted by molar-refractivity contribution is 6.31. The Morgan fingerprint density at radius 3 is 2.50 bits per heavy atom. The topological polar surface area (TPSA) is 23.5 Å². The van der Waals surface area contributed by atoms with Crippen molar-refractivity contribution in [2.45, 2.75) is 20.0 Å². The molecule has 1 N–H and O–H groups in total. The lowest BCUT2D eigenvalue weighted by Gasteiger charge is -2.23. The molecule has 0 aliphatic heterocycles. The van der Waals surface area contributed by atoms with E-state index in [1.165, 1.54) is 0 Å². The predicted molar refractivity (Wildman–Crippen MR) is 89.0 cm³/mol. The third-order valence-corrected chi connectivity index (χ3v) is 3.80. The van der Waals surface area contributed by atoms with E-state index in [0.717, 1.165) is 34.4 Å². The summed E-state index contributed by atoms with van der Waals surface area (Å²) >= 11 is 6.01. The molecule has 0 bridgehead atoms. The van der Waals surface area contributed by atoms with E-state index in [1.54, 1.807) is 0 Å². The van der Waals surface area contributed by atoms with Crippen LogP contribution in [0.4, 0.5) is 0 Å². The van der Waals surface area contributed by atoms with Gasteiger partial charge < -0.3 is 10.0 Å². The van der Waals surface area contributed by atoms with Crippen LogP contribution in [0.2, 0.25) is 5.02 Å². The SMILES string of the molecule is CCN(CC)CC(O)c1cccc2cc(Cl)ccc12.Cl. The van der Waals surface area contributed by atoms with E-state index in [1.807, 2.05) is 36.4 Å². The van der Waals surface area contributed by atoms with Crippen molar-refractivity contribution in [1.29, 1.82) is 0 Å². The van der Waals surface area contributed by atoms with Crippen LogP contribution in [0.1, 0.15) is 25.5 Å². The number of nitrogens with zero attached hydrogens (tertiary/aromatic N) is 1. The van der Waals surface area contributed by atoms with Crippen LogP contribution >= 0.6 is 24.0 Å². The van der Waals surface area contributed by atoms with Crippen molar-refractivity contribution in [1.82, 2.24) is 4.90 Å². The Morgan fingerprint density at radius 1 is 1.15 bits per heavy atom. The van der Waals surface area contributed by atoms with Crippen LogP contribution in [0.3, 0.4) is 0 Å². The highest BCUT2D eigenvalue weighted by atomic mass is 35.5. The molecule has 0 saturated carbocycles. The van der Waals surface area contributed by atoms with Gasteiger partial charge in [0.2, 0.25) is 0 Å². The average Bonchev–Trinajstić information content (AvgIpc) is 2.43. The van der Waals surface area contributed by atoms with Crippen molar-refractivity contribution >= 4 is 34.8 Å². The lowest BCUT2D eigenvalue weighted by Crippen LogP contribution is -2.28. The number of halogens is 2. The number of rotatable bonds is 5. The third-order valence-electron chi connectivity index (χ3n) is 3.56. The molecule has 2 nitrogen and oxygen atoms in total. The molecule has 0 spiro atoms. The van der Waals surface area contributed by atoms with Crippen LogP contribution < -0.4 is 0 Å². The van der Waals surface area contributed by atoms with Crippen LogP contribution in [0, 0.1) is 0 Å². The molecule has 0 saturated heterocycles. The minimum absolute atomic E-state index is 0. The fraction of sp³-hybridized carbons (Fsp3) is 0.375. The highest BCUT2D eigenvalue weighted by Gasteiger charge is 2.14. The van der Waals surface area contributed by atoms with Crippen LogP contribution in [0.15, 0.2) is 36.4 Å². The monoisotopic (exact) mass is 313 g/mol. The van der Waals surface area contributed by atoms with Crippen molar-refractivity contribution in [2.75, 3.05) is 19.6 Å². The second-order valence-corrected chi connectivity index (χ2v) is 5.15. The second kappa shape index (κ2) is 7.84. The molecule has 0 fully saturated rings. The van der Waals surface area contributed by atoms with E-state index in [-0.39, 0.29) is 12.4 Å². The molecule has 110 valence electrons. The number of aliphatic hydroxyl groups is 1. The smallest absolute Gasteiger partial charge is 0.0922 e. The van der Waals surface area contributed by atoms with E-state index >= 15 is 0 Å². The number of hydrogen-bond donors (Lipinski definition) is 1. The molecule has 1 atom stereocenters. The molecular formula is C16H21Cl2NO. The molecule has 0 amide bonds. The van der Waals surface area contributed by atoms with Gasteiger partial charge in [0.25, 0.3) is 0 Å². The molecule has 20 heavy (non-hydrogen) atoms. The maximum absolute atomic E-state index is 10.4. The van der Waals surface area contributed by atoms with Crippen LogP contribution in [0.5, 0.6) is 0 Å². The van der Waals surface area contributed by atoms with E-state index in [0.29, 0.717) is 6.54 Å². The van der Waals surface area contributed by atoms with Gasteiger partial charge in [-0.1, -0.05) is 49.7 Å². The highest BCUT2D eigenvalue weighted by Crippen LogP contribution is 2.27. The Labute approximate surface area is 131 Å². The second-order valence-electron chi connectivity index (χ2n) is 4.71. The van der Waals surface area contributed by atoms with Crippen molar-refractivity contribution in [3.05, 3.63) is 47.0 Å². The number of fused-ring (bicyclic) bond motifs is 1. The van der Waals surface area contributed by atoms with Gasteiger partial charge in [-0.15, -0.1) is 12.4 Å². The maximum Gasteiger partial charge on any atom is 0.0922 e. The molecule has 1 unspecified atom stereocenters. The van der Waals surface area contributed by atoms with Gasteiger partial charge in [-0.25, -0.2) is 0 Å². The normalized spacial score (nSPS) is 12.4. The first-order chi connectivity index (χ1) is 9.15. The number of hydrogen-bond acceptors (Lipinski definition) is 2. The van der Waals surface area contributed by atoms with Crippen LogP contribution in [-0.4, -0.2) is 29.6 Å². The summed E-state index contributed by atoms with van der Waals surface area (Å²) in [5.74, 6) is 0. The van der Waals surface area contributed by atoms with E-state index < -0.39 is 6.10 Å². The molecule has 0 heterocycles. The largest absolute Gasteiger partial charge is 0.387 e. The van der Waals surface area contributed by atoms with Crippen molar-refractivity contribution < 1.29 is 5.11 Å². The Balaban J connectivity index is 0.00000200. The van der Waals surface area contributed by atoms with Gasteiger partial charge in [0.15, 0.2) is 0 Å². The van der Waals surface area contributed by atoms with E-state index in [2.05, 4.69) is 18.7 Å². The third kappa shape index (κ3) is 3.86. The van der Waals surface area contributed by atoms with Gasteiger partial charge in [-0.05, 0) is 41.6 Å². The minimum atomic E-state index is -0.468. The number of likely N-dealkylation sites (N-methyl/N-ethyl adjacent to an activating group) is 1. The first-order valence-electron chi connectivity index (χ1n) is 6.74. The Kier molecular flexibility index (Phi) is 6.77. The number of benzene rings is 2. The van der Waals surface area contributed by atoms with Gasteiger partial charge >= 0.3 is 0 Å². The molecule has 2 rings (SSSR count). The zero-order valence-electron chi connectivity index (χ0n) is 11.8. The lowest BCUT2D eigenvalue weighted by atomic mass is 10.00. The van der Waals surface area contributed by atoms with Crippen molar-refractivity contribution in [3.63, 3.8) is 0 Å². The summed E-state index contributed by atoms with van der Waals surface area (Å²) in [6, 6.07) is 11.8. The van der Waals surface area contributed by atoms with Gasteiger partial charge in [0.1, 0.15) is 0 Å². The van der Waals surface area contributed by atoms with Gasteiger partial charge in [0.05, 0.1) is 6.10 Å². The summed E-state index contributed by atoms with van der Waals surface area (Å²) in [6.45, 7) is 6.78. The summed E-state index contributed by atoms with van der Waals surface area (Å²) < 4.78 is 0. The van der Waals surface area contributed by atoms with Crippen molar-refractivity contribution in [2.24, 2.45) is 0 Å². The van der Waals surface area contributed by atoms with E-state index in [4.69, 9.17) is 11.6 Å². The fourth-order valence-electron chi connectivity index (χ4n) is 2.39. The summed E-state index contributed by atoms with van der Waals surface area (Å²) in [4.78, 5) is 2.22. The maximum atomic E-state index is 10.4. The molecule has 0 aliphatic carbocycles. The Hall–Kier alpha value is -0.800. The molecule has 0 aliphatic rings. The van der Waals surface area contributed by atoms with E-state index in [9.17, 15) is 5.11 Å². The molecular weight excluding hydrogens is 293 g/mol. The molecule has 2 aromatic rings. The molecule has 0 radical (unpaired) electrons. The van der Waals surface area contributed by atoms with Crippen LogP contribution in [-0.2, 0) is 0 Å². The lowest BCUT2D eigenvalue weighted by molar-refractivity contribution is 0.120. The predicted octanol–water partition coefficient (Wildman–Crippen LogP) is 4.29. The minimum Gasteiger partial charge on any atom is -0.387 e. The molecule has 2 aromatic carbocycles. The molecule has 4 heteroatoms. The Morgan fingerprint density at radius 2 is 1.85 bits per heavy atom. The van der Waals surface area contributed by atoms with Crippen LogP contribution in [0.25, 0.3) is 10.8 Å². The van der Waals surface area contributed by atoms with Gasteiger partial charge in [0, 0.05) is 11.6 Å². The summed E-state index contributed by atoms with van der Waals surface area (Å²) in [5.41, 5.74) is 0.973. The summed E-state index contributed by atoms with van der Waals surface area (Å²) in [5, 5.41) is 13.3. The summed E-state index contributed by atoms with van der Waals surface area (Å²) in [7, 11) is 0. The first kappa shape index (κ1) is 17.3. The number of aliphatic hydroxyl groups excluding tert-OH is 1. The van der Waals surface area contributed by atoms with Crippen molar-refractivity contribution in [3.8, 4) is 0 Å². The quantitative estimate of drug-likeness (QED) is 0.890. The zero-order valence-corrected chi connectivity index (χ0v) is 13.4. The molecule has 0 aromatic heterocycles. The average molecular weight is 314 g/mol. The first-order valence-corrected chi connectivity index (χ1v) is 7.12. The standard InChI is InChI=1S/C16H20ClNO.ClH/c1-3-18(4-2)11-16(19)15-7-5-6-12-10-13(17)8-9-14(12)15;/h5-10,16,19H,3-4,11H2,1-2H3;1H. The van der Waals surface area contributed by atoms with Gasteiger partial charge in [-0.2, -0.15) is 0 Å². The fourth-order valence-corrected chi connectivity index (χ4v) is 2.58. The van der Waals surface area contributed by atoms with Gasteiger partial charge in [-0.3, -0.25) is 0 Å².